The minimum absolute atomic E-state index is 0.213. The van der Waals surface area contributed by atoms with Crippen LogP contribution >= 0.6 is 0 Å². The molecule has 1 amide bonds. The molecule has 2 atom stereocenters. The normalized spacial score (nSPS) is 38.1. The van der Waals surface area contributed by atoms with Crippen LogP contribution in [0.25, 0.3) is 0 Å². The van der Waals surface area contributed by atoms with Crippen molar-refractivity contribution in [2.24, 2.45) is 30.9 Å². The highest BCUT2D eigenvalue weighted by molar-refractivity contribution is 7.89. The fourth-order valence-corrected chi connectivity index (χ4v) is 10.5. The molecule has 2 unspecified atom stereocenters. The molecule has 2 heterocycles. The SMILES string of the molecule is CC12CC3CC(C)(C1)CC(C(=O)N1CCN(S(=O)(=O)c4cccc5c4N=S=N5)CC1)(C3)C2. The van der Waals surface area contributed by atoms with Crippen LogP contribution < -0.4 is 0 Å². The monoisotopic (exact) mass is 474 g/mol. The Morgan fingerprint density at radius 2 is 1.69 bits per heavy atom. The van der Waals surface area contributed by atoms with Crippen LogP contribution in [0.4, 0.5) is 11.4 Å². The van der Waals surface area contributed by atoms with Crippen LogP contribution in [0.5, 0.6) is 0 Å². The summed E-state index contributed by atoms with van der Waals surface area (Å²) in [6, 6.07) is 5.10. The zero-order valence-corrected chi connectivity index (χ0v) is 20.3. The van der Waals surface area contributed by atoms with E-state index in [4.69, 9.17) is 0 Å². The predicted octanol–water partition coefficient (Wildman–Crippen LogP) is 4.24. The predicted molar refractivity (Wildman–Crippen MR) is 123 cm³/mol. The quantitative estimate of drug-likeness (QED) is 0.667. The van der Waals surface area contributed by atoms with E-state index in [0.717, 1.165) is 30.6 Å². The Hall–Kier alpha value is -1.58. The van der Waals surface area contributed by atoms with Crippen LogP contribution in [0.1, 0.15) is 52.4 Å². The van der Waals surface area contributed by atoms with E-state index < -0.39 is 10.0 Å². The first-order chi connectivity index (χ1) is 15.1. The van der Waals surface area contributed by atoms with Crippen molar-refractivity contribution in [2.75, 3.05) is 26.2 Å². The van der Waals surface area contributed by atoms with Crippen molar-refractivity contribution < 1.29 is 13.2 Å². The molecule has 4 bridgehead atoms. The van der Waals surface area contributed by atoms with Gasteiger partial charge in [-0.05, 0) is 67.4 Å². The summed E-state index contributed by atoms with van der Waals surface area (Å²) in [6.07, 6.45) is 6.80. The van der Waals surface area contributed by atoms with Crippen molar-refractivity contribution in [3.05, 3.63) is 18.2 Å². The van der Waals surface area contributed by atoms with E-state index in [0.29, 0.717) is 43.5 Å². The molecule has 7 rings (SSSR count). The van der Waals surface area contributed by atoms with Crippen LogP contribution in [0, 0.1) is 22.2 Å². The van der Waals surface area contributed by atoms with Crippen LogP contribution in [-0.2, 0) is 26.2 Å². The Bertz CT molecular complexity index is 1160. The van der Waals surface area contributed by atoms with E-state index in [1.54, 1.807) is 18.2 Å². The van der Waals surface area contributed by atoms with Crippen molar-refractivity contribution in [3.8, 4) is 0 Å². The summed E-state index contributed by atoms with van der Waals surface area (Å²) in [5.74, 6) is 0.945. The topological polar surface area (TPSA) is 82.4 Å². The van der Waals surface area contributed by atoms with Gasteiger partial charge in [0.25, 0.3) is 0 Å². The van der Waals surface area contributed by atoms with E-state index >= 15 is 0 Å². The van der Waals surface area contributed by atoms with Crippen molar-refractivity contribution in [3.63, 3.8) is 0 Å². The van der Waals surface area contributed by atoms with Gasteiger partial charge in [-0.1, -0.05) is 19.9 Å². The molecule has 1 aromatic carbocycles. The van der Waals surface area contributed by atoms with Crippen molar-refractivity contribution in [1.29, 1.82) is 0 Å². The third-order valence-electron chi connectivity index (χ3n) is 8.47. The number of amides is 1. The van der Waals surface area contributed by atoms with Gasteiger partial charge in [-0.25, -0.2) is 8.42 Å². The molecular weight excluding hydrogens is 444 g/mol. The van der Waals surface area contributed by atoms with Crippen LogP contribution in [0.3, 0.4) is 0 Å². The number of hydrogen-bond donors (Lipinski definition) is 0. The van der Waals surface area contributed by atoms with E-state index in [9.17, 15) is 13.2 Å². The molecule has 1 aromatic rings. The Labute approximate surface area is 193 Å². The molecule has 0 spiro atoms. The molecule has 4 saturated carbocycles. The van der Waals surface area contributed by atoms with Crippen molar-refractivity contribution in [1.82, 2.24) is 9.21 Å². The summed E-state index contributed by atoms with van der Waals surface area (Å²) in [4.78, 5) is 16.0. The van der Waals surface area contributed by atoms with E-state index in [1.165, 1.54) is 23.6 Å². The fourth-order valence-electron chi connectivity index (χ4n) is 8.28. The highest BCUT2D eigenvalue weighted by atomic mass is 32.2. The number of carbonyl (C=O) groups excluding carboxylic acids is 1. The van der Waals surface area contributed by atoms with Gasteiger partial charge in [-0.2, -0.15) is 13.0 Å². The van der Waals surface area contributed by atoms with E-state index in [1.807, 2.05) is 4.90 Å². The summed E-state index contributed by atoms with van der Waals surface area (Å²) in [7, 11) is -3.67. The minimum Gasteiger partial charge on any atom is -0.340 e. The maximum Gasteiger partial charge on any atom is 0.245 e. The van der Waals surface area contributed by atoms with E-state index in [-0.39, 0.29) is 27.0 Å². The van der Waals surface area contributed by atoms with Gasteiger partial charge in [0, 0.05) is 26.2 Å². The summed E-state index contributed by atoms with van der Waals surface area (Å²) in [5, 5.41) is 0. The van der Waals surface area contributed by atoms with Crippen LogP contribution in [0.2, 0.25) is 0 Å². The Balaban J connectivity index is 1.20. The first-order valence-corrected chi connectivity index (χ1v) is 13.8. The number of piperazine rings is 1. The maximum absolute atomic E-state index is 13.8. The van der Waals surface area contributed by atoms with Gasteiger partial charge in [0.2, 0.25) is 15.9 Å². The average Bonchev–Trinajstić information content (AvgIpc) is 3.19. The maximum atomic E-state index is 13.8. The summed E-state index contributed by atoms with van der Waals surface area (Å²) < 4.78 is 36.6. The average molecular weight is 475 g/mol. The van der Waals surface area contributed by atoms with Gasteiger partial charge < -0.3 is 4.90 Å². The summed E-state index contributed by atoms with van der Waals surface area (Å²) >= 11 is 1.02. The molecule has 7 nitrogen and oxygen atoms in total. The van der Waals surface area contributed by atoms with Crippen molar-refractivity contribution >= 4 is 38.7 Å². The number of benzene rings is 1. The zero-order valence-electron chi connectivity index (χ0n) is 18.7. The van der Waals surface area contributed by atoms with Gasteiger partial charge in [-0.3, -0.25) is 4.79 Å². The lowest BCUT2D eigenvalue weighted by Gasteiger charge is -2.65. The van der Waals surface area contributed by atoms with Gasteiger partial charge >= 0.3 is 0 Å². The minimum atomic E-state index is -3.67. The van der Waals surface area contributed by atoms with Crippen molar-refractivity contribution in [2.45, 2.75) is 57.3 Å². The second kappa shape index (κ2) is 6.73. The second-order valence-electron chi connectivity index (χ2n) is 11.5. The molecule has 2 aliphatic heterocycles. The Morgan fingerprint density at radius 3 is 2.34 bits per heavy atom. The molecule has 32 heavy (non-hydrogen) atoms. The number of nitrogens with zero attached hydrogens (tertiary/aromatic N) is 4. The molecule has 6 aliphatic rings. The molecule has 5 fully saturated rings. The molecule has 1 saturated heterocycles. The Morgan fingerprint density at radius 1 is 1.00 bits per heavy atom. The van der Waals surface area contributed by atoms with Gasteiger partial charge in [0.15, 0.2) is 0 Å². The first kappa shape index (κ1) is 21.0. The summed E-state index contributed by atoms with van der Waals surface area (Å²) in [6.45, 7) is 6.35. The highest BCUT2D eigenvalue weighted by Gasteiger charge is 2.63. The molecule has 9 heteroatoms. The lowest BCUT2D eigenvalue weighted by Crippen LogP contribution is -2.62. The molecule has 0 radical (unpaired) electrons. The molecule has 4 aliphatic carbocycles. The molecular formula is C23H30N4O3S2. The lowest BCUT2D eigenvalue weighted by molar-refractivity contribution is -0.180. The second-order valence-corrected chi connectivity index (χ2v) is 13.9. The number of fused-ring (bicyclic) bond motifs is 1. The summed E-state index contributed by atoms with van der Waals surface area (Å²) in [5.41, 5.74) is 1.38. The number of rotatable bonds is 3. The third-order valence-corrected chi connectivity index (χ3v) is 10.9. The molecule has 172 valence electrons. The Kier molecular flexibility index (Phi) is 4.41. The standard InChI is InChI=1S/C23H30N4O3S2/c1-21-10-16-11-22(2,13-21)15-23(12-16,14-21)20(28)26-6-8-27(9-7-26)32(29,30)18-5-3-4-17-19(18)25-31-24-17/h3-5,16H,6-15H2,1-2H3. The zero-order chi connectivity index (χ0) is 22.4. The van der Waals surface area contributed by atoms with Crippen LogP contribution in [0.15, 0.2) is 31.8 Å². The number of hydrogen-bond acceptors (Lipinski definition) is 5. The van der Waals surface area contributed by atoms with Crippen LogP contribution in [-0.4, -0.2) is 49.7 Å². The number of carbonyl (C=O) groups is 1. The van der Waals surface area contributed by atoms with Gasteiger partial charge in [0.05, 0.1) is 16.8 Å². The van der Waals surface area contributed by atoms with E-state index in [2.05, 4.69) is 22.6 Å². The lowest BCUT2D eigenvalue weighted by atomic mass is 9.40. The third kappa shape index (κ3) is 3.07. The number of sulfonamides is 1. The molecule has 0 aromatic heterocycles. The molecule has 0 N–H and O–H groups in total. The largest absolute Gasteiger partial charge is 0.340 e. The van der Waals surface area contributed by atoms with Gasteiger partial charge in [-0.15, -0.1) is 0 Å². The smallest absolute Gasteiger partial charge is 0.245 e. The van der Waals surface area contributed by atoms with Gasteiger partial charge in [0.1, 0.15) is 16.3 Å². The first-order valence-electron chi connectivity index (χ1n) is 11.6. The fraction of sp³-hybridized carbons (Fsp3) is 0.696. The highest BCUT2D eigenvalue weighted by Crippen LogP contribution is 2.69.